The monoisotopic (exact) mass is 900 g/mol. The van der Waals surface area contributed by atoms with Gasteiger partial charge in [-0.2, -0.15) is 10.2 Å². The zero-order chi connectivity index (χ0) is 45.4. The second kappa shape index (κ2) is 14.6. The smallest absolute Gasteiger partial charge is 0.376 e. The molecule has 336 valence electrons. The summed E-state index contributed by atoms with van der Waals surface area (Å²) in [5.41, 5.74) is 8.27. The van der Waals surface area contributed by atoms with Crippen LogP contribution in [-0.4, -0.2) is 75.1 Å². The molecule has 3 aromatic carbocycles. The first kappa shape index (κ1) is 41.5. The molecule has 5 atom stereocenters. The second-order valence-corrected chi connectivity index (χ2v) is 19.4. The summed E-state index contributed by atoms with van der Waals surface area (Å²) in [5, 5.41) is 14.4. The number of aromatic nitrogens is 7. The summed E-state index contributed by atoms with van der Waals surface area (Å²) in [4.78, 5) is 49.9. The van der Waals surface area contributed by atoms with Gasteiger partial charge in [-0.05, 0) is 125 Å². The Morgan fingerprint density at radius 1 is 0.985 bits per heavy atom. The van der Waals surface area contributed by atoms with Crippen LogP contribution >= 0.6 is 11.6 Å². The van der Waals surface area contributed by atoms with Crippen LogP contribution in [0.3, 0.4) is 0 Å². The number of nitrogens with one attached hydrogen (secondary N) is 2. The maximum atomic E-state index is 15.6. The first-order valence-corrected chi connectivity index (χ1v) is 22.6. The van der Waals surface area contributed by atoms with Gasteiger partial charge >= 0.3 is 11.8 Å². The second-order valence-electron chi connectivity index (χ2n) is 19.0. The van der Waals surface area contributed by atoms with E-state index in [9.17, 15) is 9.59 Å². The van der Waals surface area contributed by atoms with Crippen molar-refractivity contribution in [2.24, 2.45) is 13.0 Å². The lowest BCUT2D eigenvalue weighted by molar-refractivity contribution is -0.0592. The maximum absolute atomic E-state index is 15.6. The number of hydroxylamine groups is 1. The van der Waals surface area contributed by atoms with E-state index < -0.39 is 29.5 Å². The molecule has 3 fully saturated rings. The Bertz CT molecular complexity index is 3190. The third-order valence-electron chi connectivity index (χ3n) is 14.5. The molecule has 2 saturated heterocycles. The van der Waals surface area contributed by atoms with Crippen molar-refractivity contribution in [2.75, 3.05) is 13.2 Å². The molecule has 4 aromatic heterocycles. The molecular formula is C48H50ClFN10O5. The third-order valence-corrected chi connectivity index (χ3v) is 14.9. The fourth-order valence-corrected chi connectivity index (χ4v) is 11.3. The van der Waals surface area contributed by atoms with Crippen molar-refractivity contribution < 1.29 is 23.6 Å². The van der Waals surface area contributed by atoms with Crippen LogP contribution in [0.25, 0.3) is 39.0 Å². The number of fused-ring (bicyclic) bond motifs is 3. The van der Waals surface area contributed by atoms with Crippen molar-refractivity contribution in [3.63, 3.8) is 0 Å². The largest absolute Gasteiger partial charge is 0.427 e. The van der Waals surface area contributed by atoms with E-state index >= 15 is 9.18 Å². The fourth-order valence-electron chi connectivity index (χ4n) is 11.0. The standard InChI is InChI=1S/C48H50ClFN10O5/c1-25-18-32(19-26(2)41(25)50)60-42(58-16-15-57(46(58)63)37-11-10-36-33(40(37)49)24-51-55(36)7)39-28(4)56(14-12-34(39)53-60)43(61)38-21-31-20-29(30-13-17-64-47(5,6)23-30)8-9-35(31)59(38)48(22-27(48)3)44-52-45(62)65-54-44/h8-11,15-16,18-21,24,27-28,30,44,54H,12-14,17,22-23H2,1-7H3,(H,52,62)/t27-,28-,30-,44?,48-/m0/s1. The van der Waals surface area contributed by atoms with Crippen molar-refractivity contribution in [3.8, 4) is 17.2 Å². The zero-order valence-corrected chi connectivity index (χ0v) is 38.0. The van der Waals surface area contributed by atoms with Crippen LogP contribution in [0.15, 0.2) is 71.9 Å². The predicted molar refractivity (Wildman–Crippen MR) is 243 cm³/mol. The van der Waals surface area contributed by atoms with Crippen molar-refractivity contribution in [1.29, 1.82) is 0 Å². The highest BCUT2D eigenvalue weighted by atomic mass is 35.5. The number of hydrogen-bond acceptors (Lipinski definition) is 8. The van der Waals surface area contributed by atoms with Crippen molar-refractivity contribution >= 4 is 45.4 Å². The van der Waals surface area contributed by atoms with E-state index in [1.54, 1.807) is 60.0 Å². The number of hydrogen-bond donors (Lipinski definition) is 2. The van der Waals surface area contributed by atoms with E-state index in [1.165, 1.54) is 14.7 Å². The van der Waals surface area contributed by atoms with E-state index in [4.69, 9.17) is 26.3 Å². The molecule has 17 heteroatoms. The van der Waals surface area contributed by atoms with Gasteiger partial charge in [-0.3, -0.25) is 23.9 Å². The molecule has 65 heavy (non-hydrogen) atoms. The van der Waals surface area contributed by atoms with Gasteiger partial charge in [0.05, 0.1) is 51.0 Å². The lowest BCUT2D eigenvalue weighted by Crippen LogP contribution is -2.49. The van der Waals surface area contributed by atoms with Crippen molar-refractivity contribution in [1.82, 2.24) is 49.0 Å². The Hall–Kier alpha value is -6.23. The number of rotatable bonds is 7. The van der Waals surface area contributed by atoms with Crippen LogP contribution in [0.2, 0.25) is 5.02 Å². The van der Waals surface area contributed by atoms with Gasteiger partial charge in [0.2, 0.25) is 0 Å². The molecule has 15 nitrogen and oxygen atoms in total. The van der Waals surface area contributed by atoms with E-state index in [0.717, 1.165) is 35.0 Å². The molecule has 7 heterocycles. The molecule has 1 unspecified atom stereocenters. The fraction of sp³-hybridized carbons (Fsp3) is 0.396. The number of nitrogens with zero attached hydrogens (tertiary/aromatic N) is 8. The van der Waals surface area contributed by atoms with Crippen LogP contribution in [0.4, 0.5) is 9.18 Å². The van der Waals surface area contributed by atoms with E-state index in [2.05, 4.69) is 59.4 Å². The van der Waals surface area contributed by atoms with Gasteiger partial charge in [-0.25, -0.2) is 18.7 Å². The number of ether oxygens (including phenoxy) is 1. The Morgan fingerprint density at radius 2 is 1.72 bits per heavy atom. The Labute approximate surface area is 378 Å². The molecule has 7 aromatic rings. The summed E-state index contributed by atoms with van der Waals surface area (Å²) >= 11 is 6.96. The normalized spacial score (nSPS) is 23.8. The number of benzene rings is 3. The first-order chi connectivity index (χ1) is 31.1. The minimum Gasteiger partial charge on any atom is -0.376 e. The molecule has 4 aliphatic rings. The summed E-state index contributed by atoms with van der Waals surface area (Å²) in [6, 6.07) is 15.0. The Kier molecular flexibility index (Phi) is 9.34. The quantitative estimate of drug-likeness (QED) is 0.165. The summed E-state index contributed by atoms with van der Waals surface area (Å²) < 4.78 is 29.7. The van der Waals surface area contributed by atoms with Gasteiger partial charge in [0.25, 0.3) is 5.91 Å². The number of amides is 2. The lowest BCUT2D eigenvalue weighted by Gasteiger charge is -2.36. The van der Waals surface area contributed by atoms with Gasteiger partial charge < -0.3 is 19.0 Å². The number of imidazole rings is 1. The Balaban J connectivity index is 1.05. The van der Waals surface area contributed by atoms with Gasteiger partial charge in [-0.15, -0.1) is 5.48 Å². The molecule has 1 saturated carbocycles. The average Bonchev–Trinajstić information content (AvgIpc) is 3.90. The molecule has 0 spiro atoms. The summed E-state index contributed by atoms with van der Waals surface area (Å²) in [5.74, 6) is 0.290. The minimum atomic E-state index is -0.698. The van der Waals surface area contributed by atoms with Crippen molar-refractivity contribution in [3.05, 3.63) is 122 Å². The molecular weight excluding hydrogens is 851 g/mol. The number of aryl methyl sites for hydroxylation is 3. The molecule has 0 radical (unpaired) electrons. The number of carbonyl (C=O) groups is 2. The lowest BCUT2D eigenvalue weighted by atomic mass is 9.83. The third kappa shape index (κ3) is 6.31. The molecule has 0 bridgehead atoms. The van der Waals surface area contributed by atoms with Crippen molar-refractivity contribution in [2.45, 2.75) is 96.5 Å². The first-order valence-electron chi connectivity index (χ1n) is 22.2. The highest BCUT2D eigenvalue weighted by Gasteiger charge is 2.62. The molecule has 3 aliphatic heterocycles. The molecule has 1 aliphatic carbocycles. The van der Waals surface area contributed by atoms with Crippen LogP contribution in [0, 0.1) is 25.6 Å². The van der Waals surface area contributed by atoms with Crippen LogP contribution in [0.5, 0.6) is 0 Å². The highest BCUT2D eigenvalue weighted by molar-refractivity contribution is 6.37. The highest BCUT2D eigenvalue weighted by Crippen LogP contribution is 2.55. The zero-order valence-electron chi connectivity index (χ0n) is 37.3. The van der Waals surface area contributed by atoms with Crippen LogP contribution < -0.4 is 16.5 Å². The van der Waals surface area contributed by atoms with E-state index in [1.807, 2.05) is 31.0 Å². The average molecular weight is 901 g/mol. The van der Waals surface area contributed by atoms with Gasteiger partial charge in [-0.1, -0.05) is 24.6 Å². The summed E-state index contributed by atoms with van der Waals surface area (Å²) in [6.45, 7) is 12.8. The van der Waals surface area contributed by atoms with Gasteiger partial charge in [0.15, 0.2) is 0 Å². The minimum absolute atomic E-state index is 0.0845. The van der Waals surface area contributed by atoms with E-state index in [-0.39, 0.29) is 23.2 Å². The number of halogens is 2. The maximum Gasteiger partial charge on any atom is 0.427 e. The SMILES string of the molecule is Cc1cc(-n2nc3c(c2-n2ccn(-c4ccc5c(cnn5C)c4Cl)c2=O)[C@H](C)N(C(=O)c2cc4cc([C@H]5CCOC(C)(C)C5)ccc4n2[C@@]2(C4NOC(=O)N4)C[C@@H]2C)CC3)cc(C)c1F. The molecule has 11 rings (SSSR count). The number of carbonyl (C=O) groups excluding carboxylic acids is 2. The van der Waals surface area contributed by atoms with Crippen LogP contribution in [0.1, 0.15) is 97.4 Å². The topological polar surface area (TPSA) is 147 Å². The van der Waals surface area contributed by atoms with E-state index in [0.29, 0.717) is 81.9 Å². The summed E-state index contributed by atoms with van der Waals surface area (Å²) in [7, 11) is 1.83. The predicted octanol–water partition coefficient (Wildman–Crippen LogP) is 7.80. The molecule has 2 N–H and O–H groups in total. The van der Waals surface area contributed by atoms with Gasteiger partial charge in [0, 0.05) is 60.9 Å². The Morgan fingerprint density at radius 3 is 2.43 bits per heavy atom. The molecule has 2 amide bonds. The van der Waals surface area contributed by atoms with Gasteiger partial charge in [0.1, 0.15) is 23.5 Å². The van der Waals surface area contributed by atoms with Crippen LogP contribution in [-0.2, 0) is 28.6 Å². The summed E-state index contributed by atoms with van der Waals surface area (Å²) in [6.07, 6.45) is 6.72.